The Bertz CT molecular complexity index is 482. The molecule has 0 aromatic carbocycles. The second kappa shape index (κ2) is 4.48. The smallest absolute Gasteiger partial charge is 0.0907 e. The van der Waals surface area contributed by atoms with Crippen LogP contribution in [-0.2, 0) is 0 Å². The van der Waals surface area contributed by atoms with Gasteiger partial charge in [-0.1, -0.05) is 40.9 Å². The Labute approximate surface area is 135 Å². The van der Waals surface area contributed by atoms with Crippen LogP contribution in [0.1, 0.15) is 66.2 Å². The van der Waals surface area contributed by atoms with E-state index in [4.69, 9.17) is 0 Å². The van der Waals surface area contributed by atoms with Crippen LogP contribution < -0.4 is 0 Å². The summed E-state index contributed by atoms with van der Waals surface area (Å²) in [6.07, 6.45) is 6.32. The SMILES string of the molecule is C=C1C[C@@H]2CC[C@@]1(O)C2(C)C.C=C1C[C@@H]2CC[C@@]1(O)C2(C)C. The molecule has 0 aliphatic heterocycles. The van der Waals surface area contributed by atoms with Crippen molar-refractivity contribution < 1.29 is 10.2 Å². The summed E-state index contributed by atoms with van der Waals surface area (Å²) >= 11 is 0. The molecule has 4 saturated carbocycles. The third-order valence-corrected chi connectivity index (χ3v) is 8.04. The van der Waals surface area contributed by atoms with Crippen LogP contribution in [0, 0.1) is 22.7 Å². The van der Waals surface area contributed by atoms with E-state index in [9.17, 15) is 10.2 Å². The molecule has 22 heavy (non-hydrogen) atoms. The fourth-order valence-corrected chi connectivity index (χ4v) is 5.72. The minimum atomic E-state index is -0.530. The van der Waals surface area contributed by atoms with Crippen molar-refractivity contribution in [1.29, 1.82) is 0 Å². The highest BCUT2D eigenvalue weighted by molar-refractivity contribution is 5.30. The summed E-state index contributed by atoms with van der Waals surface area (Å²) in [5.41, 5.74) is 1.25. The van der Waals surface area contributed by atoms with Crippen molar-refractivity contribution in [2.24, 2.45) is 22.7 Å². The molecular formula is C20H32O2. The largest absolute Gasteiger partial charge is 0.385 e. The summed E-state index contributed by atoms with van der Waals surface area (Å²) in [6.45, 7) is 16.6. The molecule has 4 atom stereocenters. The molecule has 2 N–H and O–H groups in total. The van der Waals surface area contributed by atoms with Crippen LogP contribution in [0.2, 0.25) is 0 Å². The summed E-state index contributed by atoms with van der Waals surface area (Å²) in [5.74, 6) is 1.36. The first-order valence-corrected chi connectivity index (χ1v) is 8.78. The second-order valence-electron chi connectivity index (χ2n) is 9.25. The lowest BCUT2D eigenvalue weighted by Crippen LogP contribution is -2.37. The van der Waals surface area contributed by atoms with Gasteiger partial charge in [-0.15, -0.1) is 0 Å². The van der Waals surface area contributed by atoms with E-state index in [1.807, 2.05) is 0 Å². The minimum absolute atomic E-state index is 0.0874. The van der Waals surface area contributed by atoms with Crippen molar-refractivity contribution in [2.45, 2.75) is 77.4 Å². The van der Waals surface area contributed by atoms with E-state index in [0.717, 1.165) is 36.8 Å². The Kier molecular flexibility index (Phi) is 3.31. The predicted molar refractivity (Wildman–Crippen MR) is 90.4 cm³/mol. The zero-order valence-corrected chi connectivity index (χ0v) is 14.7. The first-order valence-electron chi connectivity index (χ1n) is 8.78. The minimum Gasteiger partial charge on any atom is -0.385 e. The van der Waals surface area contributed by atoms with Crippen molar-refractivity contribution in [3.8, 4) is 0 Å². The van der Waals surface area contributed by atoms with Crippen LogP contribution in [0.15, 0.2) is 24.3 Å². The van der Waals surface area contributed by atoms with Gasteiger partial charge in [-0.25, -0.2) is 0 Å². The van der Waals surface area contributed by atoms with Gasteiger partial charge in [0.1, 0.15) is 0 Å². The number of rotatable bonds is 0. The standard InChI is InChI=1S/2C10H16O/c2*1-7-6-8-4-5-10(7,11)9(8,2)3/h2*8,11H,1,4-6H2,2-3H3/t2*8-,10-/m00/s1. The van der Waals surface area contributed by atoms with Crippen LogP contribution in [0.4, 0.5) is 0 Å². The van der Waals surface area contributed by atoms with Crippen LogP contribution in [-0.4, -0.2) is 21.4 Å². The lowest BCUT2D eigenvalue weighted by Gasteiger charge is -2.33. The monoisotopic (exact) mass is 304 g/mol. The van der Waals surface area contributed by atoms with Crippen molar-refractivity contribution in [2.75, 3.05) is 0 Å². The van der Waals surface area contributed by atoms with Gasteiger partial charge < -0.3 is 10.2 Å². The fourth-order valence-electron chi connectivity index (χ4n) is 5.72. The summed E-state index contributed by atoms with van der Waals surface area (Å²) < 4.78 is 0. The molecule has 2 heteroatoms. The van der Waals surface area contributed by atoms with E-state index in [-0.39, 0.29) is 10.8 Å². The zero-order chi connectivity index (χ0) is 16.6. The molecule has 2 nitrogen and oxygen atoms in total. The molecule has 0 spiro atoms. The number of aliphatic hydroxyl groups is 2. The highest BCUT2D eigenvalue weighted by atomic mass is 16.3. The molecular weight excluding hydrogens is 272 g/mol. The van der Waals surface area contributed by atoms with E-state index in [1.54, 1.807) is 0 Å². The van der Waals surface area contributed by atoms with Crippen LogP contribution in [0.25, 0.3) is 0 Å². The number of hydrogen-bond acceptors (Lipinski definition) is 2. The van der Waals surface area contributed by atoms with E-state index in [2.05, 4.69) is 40.9 Å². The Hall–Kier alpha value is -0.600. The molecule has 0 saturated heterocycles. The third-order valence-electron chi connectivity index (χ3n) is 8.04. The highest BCUT2D eigenvalue weighted by Gasteiger charge is 2.61. The normalized spacial score (nSPS) is 46.8. The zero-order valence-electron chi connectivity index (χ0n) is 14.7. The average Bonchev–Trinajstić information content (AvgIpc) is 2.91. The first-order chi connectivity index (χ1) is 9.97. The van der Waals surface area contributed by atoms with Crippen molar-refractivity contribution >= 4 is 0 Å². The maximum Gasteiger partial charge on any atom is 0.0907 e. The van der Waals surface area contributed by atoms with Gasteiger partial charge in [0.2, 0.25) is 0 Å². The fraction of sp³-hybridized carbons (Fsp3) is 0.800. The van der Waals surface area contributed by atoms with Crippen molar-refractivity contribution in [3.05, 3.63) is 24.3 Å². The predicted octanol–water partition coefficient (Wildman–Crippen LogP) is 4.23. The lowest BCUT2D eigenvalue weighted by atomic mass is 9.78. The lowest BCUT2D eigenvalue weighted by molar-refractivity contribution is 0.00102. The average molecular weight is 304 g/mol. The van der Waals surface area contributed by atoms with E-state index >= 15 is 0 Å². The summed E-state index contributed by atoms with van der Waals surface area (Å²) in [4.78, 5) is 0. The molecule has 0 radical (unpaired) electrons. The molecule has 0 aromatic heterocycles. The van der Waals surface area contributed by atoms with Gasteiger partial charge in [-0.2, -0.15) is 0 Å². The van der Waals surface area contributed by atoms with Gasteiger partial charge in [-0.3, -0.25) is 0 Å². The molecule has 0 aromatic rings. The number of fused-ring (bicyclic) bond motifs is 4. The molecule has 124 valence electrons. The van der Waals surface area contributed by atoms with Gasteiger partial charge in [0, 0.05) is 10.8 Å². The van der Waals surface area contributed by atoms with E-state index in [1.165, 1.54) is 12.8 Å². The molecule has 4 rings (SSSR count). The topological polar surface area (TPSA) is 40.5 Å². The third kappa shape index (κ3) is 1.74. The highest BCUT2D eigenvalue weighted by Crippen LogP contribution is 2.62. The molecule has 0 amide bonds. The van der Waals surface area contributed by atoms with E-state index in [0.29, 0.717) is 11.8 Å². The van der Waals surface area contributed by atoms with Gasteiger partial charge >= 0.3 is 0 Å². The molecule has 0 heterocycles. The van der Waals surface area contributed by atoms with Crippen LogP contribution in [0.5, 0.6) is 0 Å². The van der Waals surface area contributed by atoms with Crippen molar-refractivity contribution in [1.82, 2.24) is 0 Å². The van der Waals surface area contributed by atoms with Gasteiger partial charge in [0.25, 0.3) is 0 Å². The van der Waals surface area contributed by atoms with E-state index < -0.39 is 11.2 Å². The molecule has 4 aliphatic carbocycles. The van der Waals surface area contributed by atoms with Gasteiger partial charge in [0.05, 0.1) is 11.2 Å². The quantitative estimate of drug-likeness (QED) is 0.658. The molecule has 4 aliphatic rings. The summed E-state index contributed by atoms with van der Waals surface area (Å²) in [5, 5.41) is 20.5. The maximum absolute atomic E-state index is 10.2. The van der Waals surface area contributed by atoms with Gasteiger partial charge in [-0.05, 0) is 61.5 Å². The number of hydrogen-bond donors (Lipinski definition) is 2. The van der Waals surface area contributed by atoms with Gasteiger partial charge in [0.15, 0.2) is 0 Å². The summed E-state index contributed by atoms with van der Waals surface area (Å²) in [6, 6.07) is 0. The first kappa shape index (κ1) is 16.3. The Balaban J connectivity index is 0.000000131. The maximum atomic E-state index is 10.2. The second-order valence-corrected chi connectivity index (χ2v) is 9.25. The van der Waals surface area contributed by atoms with Crippen LogP contribution in [0.3, 0.4) is 0 Å². The Morgan fingerprint density at radius 3 is 1.18 bits per heavy atom. The summed E-state index contributed by atoms with van der Waals surface area (Å²) in [7, 11) is 0. The van der Waals surface area contributed by atoms with Crippen LogP contribution >= 0.6 is 0 Å². The molecule has 4 bridgehead atoms. The molecule has 4 fully saturated rings. The van der Waals surface area contributed by atoms with Crippen molar-refractivity contribution in [3.63, 3.8) is 0 Å². The Morgan fingerprint density at radius 2 is 1.09 bits per heavy atom. The molecule has 0 unspecified atom stereocenters. The Morgan fingerprint density at radius 1 is 0.773 bits per heavy atom.